The first-order valence-electron chi connectivity index (χ1n) is 5.39. The summed E-state index contributed by atoms with van der Waals surface area (Å²) in [6.07, 6.45) is -6.11. The molecule has 0 spiro atoms. The highest BCUT2D eigenvalue weighted by atomic mass is 32.1. The van der Waals surface area contributed by atoms with Gasteiger partial charge in [0.05, 0.1) is 5.56 Å². The molecule has 1 aromatic heterocycles. The second-order valence-electron chi connectivity index (χ2n) is 4.10. The zero-order chi connectivity index (χ0) is 14.2. The molecule has 1 N–H and O–H groups in total. The lowest BCUT2D eigenvalue weighted by atomic mass is 9.99. The molecule has 1 heterocycles. The fourth-order valence-corrected chi connectivity index (χ4v) is 2.75. The van der Waals surface area contributed by atoms with Crippen molar-refractivity contribution < 1.29 is 22.7 Å². The highest BCUT2D eigenvalue weighted by Crippen LogP contribution is 2.38. The molecule has 1 unspecified atom stereocenters. The standard InChI is InChI=1S/C13H10F4OS/c1-7-4-5-19-12(7)11(18)9-3-2-8(14)6-10(9)13(15,16)17/h2-6,11,18H,1H3. The third-order valence-corrected chi connectivity index (χ3v) is 3.84. The van der Waals surface area contributed by atoms with E-state index in [1.165, 1.54) is 0 Å². The van der Waals surface area contributed by atoms with Gasteiger partial charge < -0.3 is 5.11 Å². The summed E-state index contributed by atoms with van der Waals surface area (Å²) in [5.41, 5.74) is -0.776. The Balaban J connectivity index is 2.54. The molecule has 6 heteroatoms. The molecule has 1 atom stereocenters. The maximum Gasteiger partial charge on any atom is 0.416 e. The largest absolute Gasteiger partial charge is 0.416 e. The number of aryl methyl sites for hydroxylation is 1. The summed E-state index contributed by atoms with van der Waals surface area (Å²) in [5.74, 6) is -0.980. The Bertz CT molecular complexity index is 589. The van der Waals surface area contributed by atoms with Crippen LogP contribution in [0.4, 0.5) is 17.6 Å². The molecule has 2 aromatic rings. The molecule has 0 saturated heterocycles. The van der Waals surface area contributed by atoms with Crippen molar-refractivity contribution in [2.45, 2.75) is 19.2 Å². The van der Waals surface area contributed by atoms with Gasteiger partial charge in [-0.25, -0.2) is 4.39 Å². The molecule has 0 fully saturated rings. The smallest absolute Gasteiger partial charge is 0.383 e. The normalized spacial score (nSPS) is 13.6. The molecule has 2 rings (SSSR count). The van der Waals surface area contributed by atoms with Crippen molar-refractivity contribution in [2.24, 2.45) is 0 Å². The van der Waals surface area contributed by atoms with E-state index in [1.54, 1.807) is 18.4 Å². The second-order valence-corrected chi connectivity index (χ2v) is 5.05. The summed E-state index contributed by atoms with van der Waals surface area (Å²) in [4.78, 5) is 0.428. The van der Waals surface area contributed by atoms with E-state index in [0.717, 1.165) is 23.5 Å². The molecular weight excluding hydrogens is 280 g/mol. The van der Waals surface area contributed by atoms with Crippen LogP contribution < -0.4 is 0 Å². The molecular formula is C13H10F4OS. The molecule has 1 aromatic carbocycles. The first-order chi connectivity index (χ1) is 8.80. The minimum atomic E-state index is -4.70. The van der Waals surface area contributed by atoms with Gasteiger partial charge in [-0.3, -0.25) is 0 Å². The van der Waals surface area contributed by atoms with E-state index in [1.807, 2.05) is 0 Å². The first kappa shape index (κ1) is 14.0. The Labute approximate surface area is 111 Å². The van der Waals surface area contributed by atoms with Crippen LogP contribution in [0.3, 0.4) is 0 Å². The van der Waals surface area contributed by atoms with Crippen LogP contribution in [-0.2, 0) is 6.18 Å². The Morgan fingerprint density at radius 2 is 1.89 bits per heavy atom. The van der Waals surface area contributed by atoms with Crippen LogP contribution in [0.15, 0.2) is 29.6 Å². The molecule has 0 radical (unpaired) electrons. The van der Waals surface area contributed by atoms with E-state index in [-0.39, 0.29) is 5.56 Å². The minimum absolute atomic E-state index is 0.334. The lowest BCUT2D eigenvalue weighted by Gasteiger charge is -2.17. The Hall–Kier alpha value is -1.40. The molecule has 102 valence electrons. The zero-order valence-corrected chi connectivity index (χ0v) is 10.6. The van der Waals surface area contributed by atoms with Crippen molar-refractivity contribution in [1.29, 1.82) is 0 Å². The van der Waals surface area contributed by atoms with Gasteiger partial charge in [-0.05, 0) is 41.6 Å². The van der Waals surface area contributed by atoms with Crippen molar-refractivity contribution in [3.05, 3.63) is 57.0 Å². The lowest BCUT2D eigenvalue weighted by molar-refractivity contribution is -0.139. The number of halogens is 4. The van der Waals surface area contributed by atoms with E-state index in [2.05, 4.69) is 0 Å². The fourth-order valence-electron chi connectivity index (χ4n) is 1.82. The lowest BCUT2D eigenvalue weighted by Crippen LogP contribution is -2.13. The summed E-state index contributed by atoms with van der Waals surface area (Å²) < 4.78 is 51.6. The van der Waals surface area contributed by atoms with Crippen molar-refractivity contribution >= 4 is 11.3 Å². The van der Waals surface area contributed by atoms with Crippen LogP contribution >= 0.6 is 11.3 Å². The highest BCUT2D eigenvalue weighted by Gasteiger charge is 2.36. The summed E-state index contributed by atoms with van der Waals surface area (Å²) >= 11 is 1.16. The van der Waals surface area contributed by atoms with Gasteiger partial charge in [0.2, 0.25) is 0 Å². The van der Waals surface area contributed by atoms with E-state index < -0.39 is 23.7 Å². The van der Waals surface area contributed by atoms with Crippen LogP contribution in [0.1, 0.15) is 27.7 Å². The van der Waals surface area contributed by atoms with E-state index in [0.29, 0.717) is 16.5 Å². The molecule has 1 nitrogen and oxygen atoms in total. The zero-order valence-electron chi connectivity index (χ0n) is 9.83. The number of hydrogen-bond acceptors (Lipinski definition) is 2. The molecule has 0 bridgehead atoms. The van der Waals surface area contributed by atoms with Crippen molar-refractivity contribution in [2.75, 3.05) is 0 Å². The van der Waals surface area contributed by atoms with Gasteiger partial charge >= 0.3 is 6.18 Å². The number of thiophene rings is 1. The number of aliphatic hydroxyl groups excluding tert-OH is 1. The number of aliphatic hydroxyl groups is 1. The number of rotatable bonds is 2. The maximum absolute atomic E-state index is 13.0. The predicted molar refractivity (Wildman–Crippen MR) is 64.5 cm³/mol. The van der Waals surface area contributed by atoms with Gasteiger partial charge in [-0.2, -0.15) is 13.2 Å². The van der Waals surface area contributed by atoms with Crippen LogP contribution in [0.5, 0.6) is 0 Å². The number of alkyl halides is 3. The third-order valence-electron chi connectivity index (χ3n) is 2.77. The fraction of sp³-hybridized carbons (Fsp3) is 0.231. The summed E-state index contributed by atoms with van der Waals surface area (Å²) in [6.45, 7) is 1.70. The van der Waals surface area contributed by atoms with E-state index >= 15 is 0 Å². The topological polar surface area (TPSA) is 20.2 Å². The van der Waals surface area contributed by atoms with Gasteiger partial charge in [-0.1, -0.05) is 6.07 Å². The SMILES string of the molecule is Cc1ccsc1C(O)c1ccc(F)cc1C(F)(F)F. The van der Waals surface area contributed by atoms with Crippen molar-refractivity contribution in [3.63, 3.8) is 0 Å². The van der Waals surface area contributed by atoms with Gasteiger partial charge in [0, 0.05) is 4.88 Å². The highest BCUT2D eigenvalue weighted by molar-refractivity contribution is 7.10. The first-order valence-corrected chi connectivity index (χ1v) is 6.27. The van der Waals surface area contributed by atoms with Crippen molar-refractivity contribution in [1.82, 2.24) is 0 Å². The van der Waals surface area contributed by atoms with Crippen LogP contribution in [0.25, 0.3) is 0 Å². The second kappa shape index (κ2) is 4.94. The van der Waals surface area contributed by atoms with Gasteiger partial charge in [0.15, 0.2) is 0 Å². The Kier molecular flexibility index (Phi) is 3.64. The van der Waals surface area contributed by atoms with Gasteiger partial charge in [0.1, 0.15) is 11.9 Å². The summed E-state index contributed by atoms with van der Waals surface area (Å²) in [5, 5.41) is 11.8. The average Bonchev–Trinajstić information content (AvgIpc) is 2.73. The predicted octanol–water partition coefficient (Wildman–Crippen LogP) is 4.30. The summed E-state index contributed by atoms with van der Waals surface area (Å²) in [7, 11) is 0. The average molecular weight is 290 g/mol. The number of benzene rings is 1. The quantitative estimate of drug-likeness (QED) is 0.818. The number of hydrogen-bond donors (Lipinski definition) is 1. The van der Waals surface area contributed by atoms with Crippen LogP contribution in [0, 0.1) is 12.7 Å². The molecule has 0 amide bonds. The Morgan fingerprint density at radius 3 is 2.42 bits per heavy atom. The Morgan fingerprint density at radius 1 is 1.21 bits per heavy atom. The maximum atomic E-state index is 13.0. The molecule has 19 heavy (non-hydrogen) atoms. The summed E-state index contributed by atoms with van der Waals surface area (Å²) in [6, 6.07) is 4.00. The molecule has 0 aliphatic carbocycles. The third kappa shape index (κ3) is 2.79. The van der Waals surface area contributed by atoms with E-state index in [9.17, 15) is 22.7 Å². The van der Waals surface area contributed by atoms with Gasteiger partial charge in [0.25, 0.3) is 0 Å². The van der Waals surface area contributed by atoms with Crippen LogP contribution in [0.2, 0.25) is 0 Å². The molecule has 0 aliphatic heterocycles. The van der Waals surface area contributed by atoms with Gasteiger partial charge in [-0.15, -0.1) is 11.3 Å². The van der Waals surface area contributed by atoms with Crippen molar-refractivity contribution in [3.8, 4) is 0 Å². The van der Waals surface area contributed by atoms with Crippen LogP contribution in [-0.4, -0.2) is 5.11 Å². The minimum Gasteiger partial charge on any atom is -0.383 e. The monoisotopic (exact) mass is 290 g/mol. The van der Waals surface area contributed by atoms with E-state index in [4.69, 9.17) is 0 Å². The molecule has 0 saturated carbocycles. The molecule has 0 aliphatic rings.